The molecule has 3 rings (SSSR count). The van der Waals surface area contributed by atoms with E-state index in [0.717, 1.165) is 11.2 Å². The van der Waals surface area contributed by atoms with E-state index in [2.05, 4.69) is 0 Å². The number of aromatic nitrogens is 1. The average Bonchev–Trinajstić information content (AvgIpc) is 2.42. The first-order valence-corrected chi connectivity index (χ1v) is 6.04. The first-order valence-electron chi connectivity index (χ1n) is 6.04. The quantitative estimate of drug-likeness (QED) is 0.651. The smallest absolute Gasteiger partial charge is 0.189 e. The Morgan fingerprint density at radius 1 is 1.05 bits per heavy atom. The van der Waals surface area contributed by atoms with Gasteiger partial charge in [-0.05, 0) is 36.8 Å². The Morgan fingerprint density at radius 3 is 2.53 bits per heavy atom. The molecule has 0 N–H and O–H groups in total. The molecule has 3 heteroatoms. The molecule has 2 aromatic carbocycles. The van der Waals surface area contributed by atoms with Crippen LogP contribution in [0.5, 0.6) is 0 Å². The van der Waals surface area contributed by atoms with Crippen molar-refractivity contribution in [2.24, 2.45) is 0 Å². The van der Waals surface area contributed by atoms with Gasteiger partial charge >= 0.3 is 0 Å². The fourth-order valence-corrected chi connectivity index (χ4v) is 2.19. The summed E-state index contributed by atoms with van der Waals surface area (Å²) in [5.74, 6) is -0.351. The normalized spacial score (nSPS) is 10.8. The van der Waals surface area contributed by atoms with Crippen molar-refractivity contribution in [1.29, 1.82) is 0 Å². The number of rotatable bonds is 1. The topological polar surface area (TPSA) is 22.0 Å². The number of halogens is 1. The fraction of sp³-hybridized carbons (Fsp3) is 0.0625. The number of pyridine rings is 1. The van der Waals surface area contributed by atoms with Crippen molar-refractivity contribution in [1.82, 2.24) is 4.57 Å². The van der Waals surface area contributed by atoms with Crippen LogP contribution >= 0.6 is 0 Å². The van der Waals surface area contributed by atoms with E-state index in [9.17, 15) is 9.18 Å². The Balaban J connectivity index is 2.42. The zero-order valence-corrected chi connectivity index (χ0v) is 10.4. The number of aryl methyl sites for hydroxylation is 1. The van der Waals surface area contributed by atoms with Crippen LogP contribution in [0.1, 0.15) is 5.56 Å². The van der Waals surface area contributed by atoms with Gasteiger partial charge in [0.05, 0.1) is 5.52 Å². The summed E-state index contributed by atoms with van der Waals surface area (Å²) in [5.41, 5.74) is 2.03. The van der Waals surface area contributed by atoms with E-state index in [-0.39, 0.29) is 11.2 Å². The van der Waals surface area contributed by atoms with Crippen LogP contribution in [-0.4, -0.2) is 4.57 Å². The average molecular weight is 253 g/mol. The fourth-order valence-electron chi connectivity index (χ4n) is 2.19. The van der Waals surface area contributed by atoms with E-state index in [1.54, 1.807) is 19.2 Å². The van der Waals surface area contributed by atoms with Gasteiger partial charge < -0.3 is 4.57 Å². The summed E-state index contributed by atoms with van der Waals surface area (Å²) in [4.78, 5) is 11.8. The van der Waals surface area contributed by atoms with Crippen molar-refractivity contribution in [3.05, 3.63) is 76.3 Å². The molecule has 19 heavy (non-hydrogen) atoms. The van der Waals surface area contributed by atoms with E-state index >= 15 is 0 Å². The second kappa shape index (κ2) is 4.35. The third-order valence-corrected chi connectivity index (χ3v) is 3.21. The summed E-state index contributed by atoms with van der Waals surface area (Å²) in [7, 11) is 0. The predicted octanol–water partition coefficient (Wildman–Crippen LogP) is 3.44. The predicted molar refractivity (Wildman–Crippen MR) is 74.2 cm³/mol. The van der Waals surface area contributed by atoms with Gasteiger partial charge in [-0.3, -0.25) is 4.79 Å². The second-order valence-corrected chi connectivity index (χ2v) is 4.50. The largest absolute Gasteiger partial charge is 0.316 e. The molecule has 1 heterocycles. The Bertz CT molecular complexity index is 806. The standard InChI is InChI=1S/C16H12FNO/c1-11-9-15-13(10-14(11)17)16(19)7-8-18(15)12-5-3-2-4-6-12/h2-10H,1H3. The lowest BCUT2D eigenvalue weighted by atomic mass is 10.1. The zero-order valence-electron chi connectivity index (χ0n) is 10.4. The maximum absolute atomic E-state index is 13.6. The maximum atomic E-state index is 13.6. The highest BCUT2D eigenvalue weighted by Crippen LogP contribution is 2.19. The number of hydrogen-bond acceptors (Lipinski definition) is 1. The molecule has 0 spiro atoms. The minimum absolute atomic E-state index is 0.166. The van der Waals surface area contributed by atoms with Crippen molar-refractivity contribution in [2.45, 2.75) is 6.92 Å². The molecule has 3 aromatic rings. The Hall–Kier alpha value is -2.42. The van der Waals surface area contributed by atoms with Crippen LogP contribution in [0.3, 0.4) is 0 Å². The molecule has 0 atom stereocenters. The van der Waals surface area contributed by atoms with Crippen LogP contribution in [0.25, 0.3) is 16.6 Å². The molecule has 94 valence electrons. The van der Waals surface area contributed by atoms with Crippen molar-refractivity contribution < 1.29 is 4.39 Å². The van der Waals surface area contributed by atoms with Crippen LogP contribution in [0, 0.1) is 12.7 Å². The van der Waals surface area contributed by atoms with Crippen LogP contribution in [0.2, 0.25) is 0 Å². The Kier molecular flexibility index (Phi) is 2.67. The van der Waals surface area contributed by atoms with Gasteiger partial charge in [0.2, 0.25) is 0 Å². The first kappa shape index (κ1) is 11.7. The lowest BCUT2D eigenvalue weighted by molar-refractivity contribution is 0.620. The highest BCUT2D eigenvalue weighted by molar-refractivity contribution is 5.81. The third-order valence-electron chi connectivity index (χ3n) is 3.21. The second-order valence-electron chi connectivity index (χ2n) is 4.50. The summed E-state index contributed by atoms with van der Waals surface area (Å²) in [6, 6.07) is 14.2. The van der Waals surface area contributed by atoms with E-state index < -0.39 is 0 Å². The number of para-hydroxylation sites is 1. The molecule has 1 aromatic heterocycles. The van der Waals surface area contributed by atoms with E-state index in [4.69, 9.17) is 0 Å². The number of benzene rings is 2. The van der Waals surface area contributed by atoms with Crippen LogP contribution in [-0.2, 0) is 0 Å². The highest BCUT2D eigenvalue weighted by Gasteiger charge is 2.07. The summed E-state index contributed by atoms with van der Waals surface area (Å²) in [6.07, 6.45) is 1.72. The highest BCUT2D eigenvalue weighted by atomic mass is 19.1. The molecule has 0 saturated carbocycles. The van der Waals surface area contributed by atoms with Crippen LogP contribution < -0.4 is 5.43 Å². The molecule has 0 saturated heterocycles. The molecule has 0 aliphatic carbocycles. The monoisotopic (exact) mass is 253 g/mol. The van der Waals surface area contributed by atoms with Gasteiger partial charge in [-0.15, -0.1) is 0 Å². The Labute approximate surface area is 109 Å². The van der Waals surface area contributed by atoms with Crippen molar-refractivity contribution in [3.63, 3.8) is 0 Å². The molecule has 0 amide bonds. The lowest BCUT2D eigenvalue weighted by Gasteiger charge is -2.11. The maximum Gasteiger partial charge on any atom is 0.189 e. The lowest BCUT2D eigenvalue weighted by Crippen LogP contribution is -2.07. The van der Waals surface area contributed by atoms with E-state index in [1.165, 1.54) is 12.1 Å². The van der Waals surface area contributed by atoms with Crippen LogP contribution in [0.4, 0.5) is 4.39 Å². The number of hydrogen-bond donors (Lipinski definition) is 0. The van der Waals surface area contributed by atoms with Gasteiger partial charge in [-0.1, -0.05) is 18.2 Å². The summed E-state index contributed by atoms with van der Waals surface area (Å²) >= 11 is 0. The van der Waals surface area contributed by atoms with E-state index in [1.807, 2.05) is 34.9 Å². The van der Waals surface area contributed by atoms with Crippen LogP contribution in [0.15, 0.2) is 59.5 Å². The van der Waals surface area contributed by atoms with Gasteiger partial charge in [0.15, 0.2) is 5.43 Å². The third kappa shape index (κ3) is 1.93. The number of nitrogens with zero attached hydrogens (tertiary/aromatic N) is 1. The van der Waals surface area contributed by atoms with Crippen molar-refractivity contribution >= 4 is 10.9 Å². The molecular formula is C16H12FNO. The molecule has 2 nitrogen and oxygen atoms in total. The molecule has 0 fully saturated rings. The molecule has 0 aliphatic rings. The molecule has 0 bridgehead atoms. The van der Waals surface area contributed by atoms with Gasteiger partial charge in [0.1, 0.15) is 5.82 Å². The minimum atomic E-state index is -0.351. The first-order chi connectivity index (χ1) is 9.16. The molecule has 0 aliphatic heterocycles. The van der Waals surface area contributed by atoms with Crippen molar-refractivity contribution in [3.8, 4) is 5.69 Å². The zero-order chi connectivity index (χ0) is 13.4. The van der Waals surface area contributed by atoms with Crippen molar-refractivity contribution in [2.75, 3.05) is 0 Å². The molecular weight excluding hydrogens is 241 g/mol. The number of fused-ring (bicyclic) bond motifs is 1. The van der Waals surface area contributed by atoms with Gasteiger partial charge in [-0.25, -0.2) is 4.39 Å². The summed E-state index contributed by atoms with van der Waals surface area (Å²) in [5, 5.41) is 0.398. The summed E-state index contributed by atoms with van der Waals surface area (Å²) < 4.78 is 15.5. The molecule has 0 radical (unpaired) electrons. The minimum Gasteiger partial charge on any atom is -0.316 e. The SMILES string of the molecule is Cc1cc2c(cc1F)c(=O)ccn2-c1ccccc1. The molecule has 0 unspecified atom stereocenters. The Morgan fingerprint density at radius 2 is 1.79 bits per heavy atom. The van der Waals surface area contributed by atoms with Gasteiger partial charge in [-0.2, -0.15) is 0 Å². The summed E-state index contributed by atoms with van der Waals surface area (Å²) in [6.45, 7) is 1.70. The van der Waals surface area contributed by atoms with Gasteiger partial charge in [0, 0.05) is 23.3 Å². The van der Waals surface area contributed by atoms with E-state index in [0.29, 0.717) is 10.9 Å². The van der Waals surface area contributed by atoms with Gasteiger partial charge in [0.25, 0.3) is 0 Å².